The number of unbranched alkanes of at least 4 members (excludes halogenated alkanes) is 24. The average molecular weight is 1020 g/mol. The first-order valence-corrected chi connectivity index (χ1v) is 29.6. The highest BCUT2D eigenvalue weighted by Crippen LogP contribution is 2.54. The van der Waals surface area contributed by atoms with Crippen LogP contribution in [0.5, 0.6) is 34.5 Å². The highest BCUT2D eigenvalue weighted by molar-refractivity contribution is 6.15. The first-order valence-electron chi connectivity index (χ1n) is 29.6. The summed E-state index contributed by atoms with van der Waals surface area (Å²) in [6, 6.07) is 3.80. The number of aryl methyl sites for hydroxylation is 2. The normalized spacial score (nSPS) is 12.4. The minimum absolute atomic E-state index is 0.157. The van der Waals surface area contributed by atoms with Crippen molar-refractivity contribution in [1.82, 2.24) is 0 Å². The molecule has 74 heavy (non-hydrogen) atoms. The lowest BCUT2D eigenvalue weighted by molar-refractivity contribution is 0.398. The quantitative estimate of drug-likeness (QED) is 0.0115. The summed E-state index contributed by atoms with van der Waals surface area (Å²) >= 11 is 0. The summed E-state index contributed by atoms with van der Waals surface area (Å²) in [7, 11) is 0. The van der Waals surface area contributed by atoms with Crippen LogP contribution in [0.25, 0.3) is 32.7 Å². The average Bonchev–Trinajstić information content (AvgIpc) is 3.36. The molecular weight excluding hydrogens is 917 g/mol. The van der Waals surface area contributed by atoms with E-state index in [2.05, 4.69) is 38.2 Å². The molecule has 8 nitrogen and oxygen atoms in total. The number of hydrogen-bond donors (Lipinski definition) is 6. The molecule has 4 aromatic carbocycles. The molecule has 8 heteroatoms. The Morgan fingerprint density at radius 1 is 0.378 bits per heavy atom. The van der Waals surface area contributed by atoms with Crippen LogP contribution in [0.4, 0.5) is 0 Å². The molecule has 0 saturated carbocycles. The van der Waals surface area contributed by atoms with Crippen molar-refractivity contribution in [2.45, 2.75) is 247 Å². The molecule has 0 aromatic heterocycles. The lowest BCUT2D eigenvalue weighted by Gasteiger charge is -2.23. The molecule has 0 atom stereocenters. The van der Waals surface area contributed by atoms with Gasteiger partial charge in [0.2, 0.25) is 0 Å². The first-order chi connectivity index (χ1) is 35.8. The van der Waals surface area contributed by atoms with Gasteiger partial charge in [-0.3, -0.25) is 9.98 Å². The molecule has 4 rings (SSSR count). The topological polar surface area (TPSA) is 146 Å². The lowest BCUT2D eigenvalue weighted by atomic mass is 9.83. The van der Waals surface area contributed by atoms with Gasteiger partial charge in [-0.1, -0.05) is 194 Å². The zero-order chi connectivity index (χ0) is 53.8. The summed E-state index contributed by atoms with van der Waals surface area (Å²) < 4.78 is 0. The third kappa shape index (κ3) is 18.1. The predicted octanol–water partition coefficient (Wildman–Crippen LogP) is 19.7. The second kappa shape index (κ2) is 33.8. The molecule has 0 aliphatic heterocycles. The number of nitrogens with zero attached hydrogens (tertiary/aromatic N) is 2. The van der Waals surface area contributed by atoms with Crippen molar-refractivity contribution < 1.29 is 30.6 Å². The van der Waals surface area contributed by atoms with Gasteiger partial charge in [0.1, 0.15) is 11.5 Å². The molecule has 0 saturated heterocycles. The molecule has 0 aliphatic carbocycles. The van der Waals surface area contributed by atoms with E-state index >= 15 is 0 Å². The maximum atomic E-state index is 12.6. The Balaban J connectivity index is 1.50. The fourth-order valence-corrected chi connectivity index (χ4v) is 10.8. The molecule has 4 aromatic rings. The van der Waals surface area contributed by atoms with Crippen LogP contribution in [-0.4, -0.2) is 56.2 Å². The van der Waals surface area contributed by atoms with Crippen LogP contribution in [0, 0.1) is 13.8 Å². The van der Waals surface area contributed by atoms with Crippen molar-refractivity contribution in [3.63, 3.8) is 0 Å². The summed E-state index contributed by atoms with van der Waals surface area (Å²) in [6.45, 7) is 17.1. The molecule has 0 amide bonds. The number of aromatic hydroxyl groups is 6. The van der Waals surface area contributed by atoms with Gasteiger partial charge in [-0.15, -0.1) is 0 Å². The van der Waals surface area contributed by atoms with E-state index in [0.717, 1.165) is 51.4 Å². The Labute approximate surface area is 448 Å². The number of allylic oxidation sites excluding steroid dienone is 4. The van der Waals surface area contributed by atoms with Gasteiger partial charge in [0.25, 0.3) is 0 Å². The number of benzene rings is 4. The van der Waals surface area contributed by atoms with Crippen LogP contribution < -0.4 is 0 Å². The van der Waals surface area contributed by atoms with Gasteiger partial charge in [0.15, 0.2) is 23.0 Å². The van der Waals surface area contributed by atoms with E-state index in [1.165, 1.54) is 128 Å². The molecule has 0 bridgehead atoms. The summed E-state index contributed by atoms with van der Waals surface area (Å²) in [5.41, 5.74) is 3.47. The fraction of sp³-hybridized carbons (Fsp3) is 0.606. The van der Waals surface area contributed by atoms with Gasteiger partial charge in [-0.25, -0.2) is 0 Å². The Morgan fingerprint density at radius 2 is 0.662 bits per heavy atom. The van der Waals surface area contributed by atoms with Gasteiger partial charge in [-0.2, -0.15) is 0 Å². The number of fused-ring (bicyclic) bond motifs is 2. The van der Waals surface area contributed by atoms with Gasteiger partial charge in [0, 0.05) is 69.7 Å². The fourth-order valence-electron chi connectivity index (χ4n) is 10.8. The van der Waals surface area contributed by atoms with Crippen molar-refractivity contribution >= 4 is 34.0 Å². The maximum Gasteiger partial charge on any atom is 0.167 e. The lowest BCUT2D eigenvalue weighted by Crippen LogP contribution is -2.01. The minimum atomic E-state index is -0.349. The standard InChI is InChI=1S/C66H100N2O6/c1-9-11-13-15-17-19-21-23-25-27-29-31-33-35-37-39-41-67-45-53-59-51(55(47(3)4)65(73)61(53)69)43-49(7)57(63(59)71)58-50(8)44-52-56(48(5)6)66(74)62(70)54(60(52)64(58)72)46-68-42-40-38-36-34-32-30-28-26-24-22-20-18-16-14-12-10-2/h23-26,43-48,69-74H,9-22,27-42H2,1-8H3. The maximum absolute atomic E-state index is 12.6. The summed E-state index contributed by atoms with van der Waals surface area (Å²) in [5.74, 6) is -1.87. The molecule has 0 aliphatic rings. The molecule has 0 unspecified atom stereocenters. The van der Waals surface area contributed by atoms with E-state index in [0.29, 0.717) is 68.0 Å². The van der Waals surface area contributed by atoms with Crippen LogP contribution in [0.1, 0.15) is 267 Å². The van der Waals surface area contributed by atoms with Crippen LogP contribution in [-0.2, 0) is 0 Å². The van der Waals surface area contributed by atoms with Gasteiger partial charge in [0.05, 0.1) is 0 Å². The van der Waals surface area contributed by atoms with E-state index in [-0.39, 0.29) is 57.5 Å². The van der Waals surface area contributed by atoms with Crippen LogP contribution in [0.15, 0.2) is 46.4 Å². The summed E-state index contributed by atoms with van der Waals surface area (Å²) in [6.07, 6.45) is 46.7. The zero-order valence-corrected chi connectivity index (χ0v) is 47.6. The Bertz CT molecular complexity index is 2270. The van der Waals surface area contributed by atoms with E-state index in [9.17, 15) is 30.6 Å². The van der Waals surface area contributed by atoms with Crippen molar-refractivity contribution in [1.29, 1.82) is 0 Å². The van der Waals surface area contributed by atoms with Crippen LogP contribution in [0.3, 0.4) is 0 Å². The number of aliphatic imine (C=N–C) groups is 2. The number of phenolic OH excluding ortho intramolecular Hbond substituents is 6. The summed E-state index contributed by atoms with van der Waals surface area (Å²) in [5, 5.41) is 73.1. The molecule has 0 fully saturated rings. The van der Waals surface area contributed by atoms with Crippen molar-refractivity contribution in [2.75, 3.05) is 13.1 Å². The number of rotatable bonds is 37. The molecule has 0 spiro atoms. The zero-order valence-electron chi connectivity index (χ0n) is 47.6. The molecule has 0 heterocycles. The predicted molar refractivity (Wildman–Crippen MR) is 318 cm³/mol. The largest absolute Gasteiger partial charge is 0.507 e. The molecule has 410 valence electrons. The second-order valence-corrected chi connectivity index (χ2v) is 22.0. The van der Waals surface area contributed by atoms with Crippen LogP contribution >= 0.6 is 0 Å². The van der Waals surface area contributed by atoms with Crippen molar-refractivity contribution in [3.05, 3.63) is 69.8 Å². The number of phenols is 6. The van der Waals surface area contributed by atoms with Crippen molar-refractivity contribution in [2.24, 2.45) is 9.98 Å². The monoisotopic (exact) mass is 1020 g/mol. The number of hydrogen-bond acceptors (Lipinski definition) is 8. The molecule has 0 radical (unpaired) electrons. The first kappa shape index (κ1) is 61.6. The van der Waals surface area contributed by atoms with E-state index < -0.39 is 0 Å². The van der Waals surface area contributed by atoms with Gasteiger partial charge in [-0.05, 0) is 112 Å². The highest BCUT2D eigenvalue weighted by atomic mass is 16.3. The van der Waals surface area contributed by atoms with Gasteiger partial charge < -0.3 is 30.6 Å². The Kier molecular flexibility index (Phi) is 28.2. The smallest absolute Gasteiger partial charge is 0.167 e. The summed E-state index contributed by atoms with van der Waals surface area (Å²) in [4.78, 5) is 9.44. The SMILES string of the molecule is CCCCCCCCC=CCCCCCCCCN=Cc1c(O)c(O)c(C(C)C)c2cc(C)c(-c3c(C)cc4c(C(C)C)c(O)c(O)c(C=NCCCCCCCCC=CCCCCCCCC)c4c3O)c(O)c12. The Hall–Kier alpha value is -4.98. The van der Waals surface area contributed by atoms with E-state index in [1.807, 2.05) is 53.7 Å². The third-order valence-electron chi connectivity index (χ3n) is 15.0. The second-order valence-electron chi connectivity index (χ2n) is 22.0. The highest BCUT2D eigenvalue weighted by Gasteiger charge is 2.29. The third-order valence-corrected chi connectivity index (χ3v) is 15.0. The van der Waals surface area contributed by atoms with Crippen LogP contribution in [0.2, 0.25) is 0 Å². The molecular formula is C66H100N2O6. The van der Waals surface area contributed by atoms with Crippen molar-refractivity contribution in [3.8, 4) is 45.6 Å². The molecule has 6 N–H and O–H groups in total. The minimum Gasteiger partial charge on any atom is -0.507 e. The van der Waals surface area contributed by atoms with E-state index in [4.69, 9.17) is 9.98 Å². The van der Waals surface area contributed by atoms with Gasteiger partial charge >= 0.3 is 0 Å². The Morgan fingerprint density at radius 3 is 0.959 bits per heavy atom. The van der Waals surface area contributed by atoms with E-state index in [1.54, 1.807) is 12.4 Å².